The quantitative estimate of drug-likeness (QED) is 0.897. The van der Waals surface area contributed by atoms with Crippen molar-refractivity contribution in [2.45, 2.75) is 44.4 Å². The van der Waals surface area contributed by atoms with Crippen LogP contribution in [0, 0.1) is 0 Å². The van der Waals surface area contributed by atoms with Crippen molar-refractivity contribution >= 4 is 22.5 Å². The van der Waals surface area contributed by atoms with Gasteiger partial charge in [-0.2, -0.15) is 0 Å². The van der Waals surface area contributed by atoms with Gasteiger partial charge in [-0.05, 0) is 18.8 Å². The molecule has 0 unspecified atom stereocenters. The molecule has 2 aromatic heterocycles. The number of thiazole rings is 1. The highest BCUT2D eigenvalue weighted by Gasteiger charge is 2.19. The molecule has 1 saturated carbocycles. The van der Waals surface area contributed by atoms with Crippen molar-refractivity contribution in [1.29, 1.82) is 0 Å². The number of aromatic nitrogens is 3. The van der Waals surface area contributed by atoms with Gasteiger partial charge in [0.1, 0.15) is 0 Å². The molecule has 1 aliphatic rings. The molecule has 0 radical (unpaired) electrons. The summed E-state index contributed by atoms with van der Waals surface area (Å²) in [5, 5.41) is 3.58. The van der Waals surface area contributed by atoms with Gasteiger partial charge in [-0.1, -0.05) is 19.3 Å². The summed E-state index contributed by atoms with van der Waals surface area (Å²) in [6.07, 6.45) is 14.1. The second-order valence-electron chi connectivity index (χ2n) is 6.20. The average molecular weight is 345 g/mol. The molecule has 3 rings (SSSR count). The molecular formula is C17H23N5OS. The molecule has 0 spiro atoms. The summed E-state index contributed by atoms with van der Waals surface area (Å²) in [5.41, 5.74) is 0.881. The van der Waals surface area contributed by atoms with Crippen LogP contribution in [0.15, 0.2) is 24.8 Å². The normalized spacial score (nSPS) is 15.2. The van der Waals surface area contributed by atoms with E-state index in [9.17, 15) is 4.79 Å². The third-order valence-electron chi connectivity index (χ3n) is 4.41. The monoisotopic (exact) mass is 345 g/mol. The first-order chi connectivity index (χ1) is 11.7. The zero-order valence-corrected chi connectivity index (χ0v) is 14.8. The van der Waals surface area contributed by atoms with E-state index in [2.05, 4.69) is 20.3 Å². The summed E-state index contributed by atoms with van der Waals surface area (Å²) in [5.74, 6) is 0.622. The maximum absolute atomic E-state index is 12.3. The molecule has 0 aliphatic heterocycles. The van der Waals surface area contributed by atoms with Gasteiger partial charge in [-0.15, -0.1) is 11.3 Å². The molecule has 24 heavy (non-hydrogen) atoms. The van der Waals surface area contributed by atoms with E-state index in [0.717, 1.165) is 5.69 Å². The summed E-state index contributed by atoms with van der Waals surface area (Å²) in [6, 6.07) is -0.136. The molecule has 0 atom stereocenters. The van der Waals surface area contributed by atoms with Gasteiger partial charge in [0.15, 0.2) is 5.13 Å². The van der Waals surface area contributed by atoms with Crippen molar-refractivity contribution in [3.63, 3.8) is 0 Å². The molecule has 0 bridgehead atoms. The minimum Gasteiger partial charge on any atom is -0.327 e. The number of carbonyl (C=O) groups is 1. The Bertz CT molecular complexity index is 654. The second kappa shape index (κ2) is 8.19. The minimum absolute atomic E-state index is 0.136. The van der Waals surface area contributed by atoms with Crippen molar-refractivity contribution < 1.29 is 4.79 Å². The van der Waals surface area contributed by atoms with Crippen LogP contribution in [0.25, 0.3) is 0 Å². The van der Waals surface area contributed by atoms with Crippen LogP contribution in [0.1, 0.15) is 48.6 Å². The lowest BCUT2D eigenvalue weighted by atomic mass is 9.89. The number of anilines is 1. The molecule has 2 amide bonds. The van der Waals surface area contributed by atoms with Crippen LogP contribution in [0.3, 0.4) is 0 Å². The Kier molecular flexibility index (Phi) is 5.74. The number of carbonyl (C=O) groups excluding carboxylic acids is 1. The third kappa shape index (κ3) is 4.50. The standard InChI is InChI=1S/C17H23N5OS/c1-22(10-7-14-11-18-8-9-19-14)17(23)21-16-20-12-15(24-16)13-5-3-2-4-6-13/h8-9,11-13H,2-7,10H2,1H3,(H,20,21,23). The van der Waals surface area contributed by atoms with Crippen molar-refractivity contribution in [2.24, 2.45) is 0 Å². The van der Waals surface area contributed by atoms with E-state index in [4.69, 9.17) is 0 Å². The maximum Gasteiger partial charge on any atom is 0.323 e. The summed E-state index contributed by atoms with van der Waals surface area (Å²) in [7, 11) is 1.78. The van der Waals surface area contributed by atoms with E-state index < -0.39 is 0 Å². The van der Waals surface area contributed by atoms with Gasteiger partial charge >= 0.3 is 6.03 Å². The number of amides is 2. The molecule has 2 heterocycles. The highest BCUT2D eigenvalue weighted by Crippen LogP contribution is 2.36. The van der Waals surface area contributed by atoms with Crippen molar-refractivity contribution in [1.82, 2.24) is 19.9 Å². The number of rotatable bonds is 5. The van der Waals surface area contributed by atoms with E-state index in [-0.39, 0.29) is 6.03 Å². The van der Waals surface area contributed by atoms with Crippen LogP contribution in [0.5, 0.6) is 0 Å². The van der Waals surface area contributed by atoms with E-state index in [1.165, 1.54) is 37.0 Å². The maximum atomic E-state index is 12.3. The van der Waals surface area contributed by atoms with Crippen LogP contribution in [0.4, 0.5) is 9.93 Å². The summed E-state index contributed by atoms with van der Waals surface area (Å²) in [6.45, 7) is 0.589. The van der Waals surface area contributed by atoms with Crippen molar-refractivity contribution in [2.75, 3.05) is 18.9 Å². The van der Waals surface area contributed by atoms with Gasteiger partial charge in [0.25, 0.3) is 0 Å². The molecule has 6 nitrogen and oxygen atoms in total. The predicted octanol–water partition coefficient (Wildman–Crippen LogP) is 3.69. The number of hydrogen-bond acceptors (Lipinski definition) is 5. The van der Waals surface area contributed by atoms with Gasteiger partial charge in [0, 0.05) is 49.7 Å². The lowest BCUT2D eigenvalue weighted by Gasteiger charge is -2.19. The lowest BCUT2D eigenvalue weighted by Crippen LogP contribution is -2.33. The van der Waals surface area contributed by atoms with Gasteiger partial charge in [0.05, 0.1) is 5.69 Å². The molecule has 1 N–H and O–H groups in total. The third-order valence-corrected chi connectivity index (χ3v) is 5.49. The molecule has 128 valence electrons. The summed E-state index contributed by atoms with van der Waals surface area (Å²) >= 11 is 1.61. The van der Waals surface area contributed by atoms with Gasteiger partial charge in [0.2, 0.25) is 0 Å². The van der Waals surface area contributed by atoms with Crippen LogP contribution in [0.2, 0.25) is 0 Å². The number of nitrogens with one attached hydrogen (secondary N) is 1. The van der Waals surface area contributed by atoms with E-state index in [0.29, 0.717) is 24.0 Å². The number of urea groups is 1. The fourth-order valence-electron chi connectivity index (χ4n) is 2.95. The van der Waals surface area contributed by atoms with Crippen LogP contribution in [-0.4, -0.2) is 39.5 Å². The molecular weight excluding hydrogens is 322 g/mol. The first-order valence-electron chi connectivity index (χ1n) is 8.45. The largest absolute Gasteiger partial charge is 0.327 e. The number of nitrogens with zero attached hydrogens (tertiary/aromatic N) is 4. The number of hydrogen-bond donors (Lipinski definition) is 1. The summed E-state index contributed by atoms with van der Waals surface area (Å²) < 4.78 is 0. The van der Waals surface area contributed by atoms with E-state index in [1.807, 2.05) is 6.20 Å². The van der Waals surface area contributed by atoms with Crippen molar-refractivity contribution in [3.05, 3.63) is 35.4 Å². The molecule has 0 saturated heterocycles. The van der Waals surface area contributed by atoms with Crippen LogP contribution >= 0.6 is 11.3 Å². The second-order valence-corrected chi connectivity index (χ2v) is 7.26. The average Bonchev–Trinajstić information content (AvgIpc) is 3.10. The lowest BCUT2D eigenvalue weighted by molar-refractivity contribution is 0.223. The first-order valence-corrected chi connectivity index (χ1v) is 9.27. The van der Waals surface area contributed by atoms with Crippen LogP contribution < -0.4 is 5.32 Å². The Labute approximate surface area is 146 Å². The van der Waals surface area contributed by atoms with E-state index >= 15 is 0 Å². The Hall–Kier alpha value is -2.02. The Morgan fingerprint density at radius 2 is 2.08 bits per heavy atom. The molecule has 7 heteroatoms. The zero-order chi connectivity index (χ0) is 16.8. The van der Waals surface area contributed by atoms with Gasteiger partial charge < -0.3 is 4.90 Å². The smallest absolute Gasteiger partial charge is 0.323 e. The highest BCUT2D eigenvalue weighted by molar-refractivity contribution is 7.15. The Morgan fingerprint density at radius 1 is 1.25 bits per heavy atom. The first kappa shape index (κ1) is 16.8. The molecule has 1 fully saturated rings. The zero-order valence-electron chi connectivity index (χ0n) is 13.9. The minimum atomic E-state index is -0.136. The molecule has 2 aromatic rings. The Morgan fingerprint density at radius 3 is 2.83 bits per heavy atom. The SMILES string of the molecule is CN(CCc1cnccn1)C(=O)Nc1ncc(C2CCCCC2)s1. The summed E-state index contributed by atoms with van der Waals surface area (Å²) in [4.78, 5) is 27.8. The molecule has 0 aromatic carbocycles. The Balaban J connectivity index is 1.49. The van der Waals surface area contributed by atoms with Crippen molar-refractivity contribution in [3.8, 4) is 0 Å². The number of likely N-dealkylation sites (N-methyl/N-ethyl adjacent to an activating group) is 1. The highest BCUT2D eigenvalue weighted by atomic mass is 32.1. The topological polar surface area (TPSA) is 71.0 Å². The predicted molar refractivity (Wildman–Crippen MR) is 95.3 cm³/mol. The fraction of sp³-hybridized carbons (Fsp3) is 0.529. The van der Waals surface area contributed by atoms with Crippen LogP contribution in [-0.2, 0) is 6.42 Å². The van der Waals surface area contributed by atoms with Gasteiger partial charge in [-0.25, -0.2) is 9.78 Å². The van der Waals surface area contributed by atoms with E-state index in [1.54, 1.807) is 41.9 Å². The van der Waals surface area contributed by atoms with Gasteiger partial charge in [-0.3, -0.25) is 15.3 Å². The molecule has 1 aliphatic carbocycles. The fourth-order valence-corrected chi connectivity index (χ4v) is 3.92.